The van der Waals surface area contributed by atoms with Gasteiger partial charge in [-0.15, -0.1) is 0 Å². The summed E-state index contributed by atoms with van der Waals surface area (Å²) in [6.07, 6.45) is 0.917. The molecule has 0 aliphatic heterocycles. The van der Waals surface area contributed by atoms with Gasteiger partial charge in [0.1, 0.15) is 0 Å². The van der Waals surface area contributed by atoms with Crippen molar-refractivity contribution in [2.24, 2.45) is 0 Å². The molecule has 0 saturated heterocycles. The molecular weight excluding hydrogens is 188 g/mol. The quantitative estimate of drug-likeness (QED) is 0.757. The zero-order chi connectivity index (χ0) is 11.5. The Kier molecular flexibility index (Phi) is 9.13. The topological polar surface area (TPSA) is 29.5 Å². The van der Waals surface area contributed by atoms with Gasteiger partial charge in [-0.1, -0.05) is 43.7 Å². The molecule has 0 radical (unpaired) electrons. The molecule has 0 aromatic heterocycles. The van der Waals surface area contributed by atoms with Crippen LogP contribution in [-0.2, 0) is 11.2 Å². The van der Waals surface area contributed by atoms with Crippen LogP contribution in [0.5, 0.6) is 0 Å². The molecule has 0 spiro atoms. The lowest BCUT2D eigenvalue weighted by atomic mass is 10.1. The van der Waals surface area contributed by atoms with E-state index in [9.17, 15) is 0 Å². The van der Waals surface area contributed by atoms with E-state index in [2.05, 4.69) is 31.2 Å². The van der Waals surface area contributed by atoms with E-state index >= 15 is 0 Å². The number of hydrogen-bond donors (Lipinski definition) is 1. The predicted octanol–water partition coefficient (Wildman–Crippen LogP) is 2.57. The second kappa shape index (κ2) is 9.69. The van der Waals surface area contributed by atoms with E-state index in [1.54, 1.807) is 0 Å². The van der Waals surface area contributed by atoms with Crippen LogP contribution in [0.1, 0.15) is 25.0 Å². The Balaban J connectivity index is 0.000000921. The lowest BCUT2D eigenvalue weighted by molar-refractivity contribution is 0.0944. The van der Waals surface area contributed by atoms with E-state index in [-0.39, 0.29) is 6.61 Å². The first-order valence-electron chi connectivity index (χ1n) is 5.57. The van der Waals surface area contributed by atoms with Gasteiger partial charge >= 0.3 is 0 Å². The molecule has 0 aliphatic carbocycles. The summed E-state index contributed by atoms with van der Waals surface area (Å²) in [5.74, 6) is 0. The SMILES string of the molecule is CC.Cc1ccc(CCOCCO)cc1. The maximum absolute atomic E-state index is 8.47. The normalized spacial score (nSPS) is 9.33. The molecule has 0 atom stereocenters. The van der Waals surface area contributed by atoms with Gasteiger partial charge in [-0.05, 0) is 18.9 Å². The highest BCUT2D eigenvalue weighted by molar-refractivity contribution is 5.21. The van der Waals surface area contributed by atoms with Crippen LogP contribution >= 0.6 is 0 Å². The summed E-state index contributed by atoms with van der Waals surface area (Å²) >= 11 is 0. The van der Waals surface area contributed by atoms with E-state index < -0.39 is 0 Å². The van der Waals surface area contributed by atoms with Crippen LogP contribution in [-0.4, -0.2) is 24.9 Å². The molecule has 0 heterocycles. The molecule has 86 valence electrons. The lowest BCUT2D eigenvalue weighted by Gasteiger charge is -2.02. The second-order valence-corrected chi connectivity index (χ2v) is 3.07. The third-order valence-electron chi connectivity index (χ3n) is 1.89. The minimum absolute atomic E-state index is 0.105. The summed E-state index contributed by atoms with van der Waals surface area (Å²) < 4.78 is 5.17. The largest absolute Gasteiger partial charge is 0.394 e. The second-order valence-electron chi connectivity index (χ2n) is 3.07. The van der Waals surface area contributed by atoms with Crippen molar-refractivity contribution in [1.29, 1.82) is 0 Å². The average Bonchev–Trinajstić information content (AvgIpc) is 2.30. The van der Waals surface area contributed by atoms with Gasteiger partial charge in [0.2, 0.25) is 0 Å². The summed E-state index contributed by atoms with van der Waals surface area (Å²) in [4.78, 5) is 0. The number of aliphatic hydroxyl groups is 1. The van der Waals surface area contributed by atoms with Gasteiger partial charge in [0, 0.05) is 0 Å². The fraction of sp³-hybridized carbons (Fsp3) is 0.538. The Hall–Kier alpha value is -0.860. The van der Waals surface area contributed by atoms with Gasteiger partial charge in [0.05, 0.1) is 19.8 Å². The minimum Gasteiger partial charge on any atom is -0.394 e. The molecule has 0 fully saturated rings. The average molecular weight is 210 g/mol. The van der Waals surface area contributed by atoms with Crippen molar-refractivity contribution in [2.75, 3.05) is 19.8 Å². The van der Waals surface area contributed by atoms with Crippen molar-refractivity contribution in [3.63, 3.8) is 0 Å². The van der Waals surface area contributed by atoms with Crippen LogP contribution in [0.15, 0.2) is 24.3 Å². The summed E-state index contributed by atoms with van der Waals surface area (Å²) in [6, 6.07) is 8.41. The number of aryl methyl sites for hydroxylation is 1. The van der Waals surface area contributed by atoms with Gasteiger partial charge < -0.3 is 9.84 Å². The number of benzene rings is 1. The van der Waals surface area contributed by atoms with Gasteiger partial charge in [0.15, 0.2) is 0 Å². The lowest BCUT2D eigenvalue weighted by Crippen LogP contribution is -2.03. The fourth-order valence-corrected chi connectivity index (χ4v) is 1.11. The number of rotatable bonds is 5. The van der Waals surface area contributed by atoms with E-state index in [0.717, 1.165) is 6.42 Å². The predicted molar refractivity (Wildman–Crippen MR) is 64.1 cm³/mol. The fourth-order valence-electron chi connectivity index (χ4n) is 1.11. The van der Waals surface area contributed by atoms with Crippen molar-refractivity contribution >= 4 is 0 Å². The molecule has 0 aliphatic rings. The Morgan fingerprint density at radius 1 is 1.07 bits per heavy atom. The van der Waals surface area contributed by atoms with Crippen LogP contribution in [0.4, 0.5) is 0 Å². The van der Waals surface area contributed by atoms with Crippen LogP contribution in [0.2, 0.25) is 0 Å². The van der Waals surface area contributed by atoms with Gasteiger partial charge in [0.25, 0.3) is 0 Å². The Morgan fingerprint density at radius 3 is 2.20 bits per heavy atom. The first kappa shape index (κ1) is 14.1. The van der Waals surface area contributed by atoms with Crippen molar-refractivity contribution in [2.45, 2.75) is 27.2 Å². The molecular formula is C13H22O2. The van der Waals surface area contributed by atoms with Crippen LogP contribution in [0, 0.1) is 6.92 Å². The highest BCUT2D eigenvalue weighted by atomic mass is 16.5. The molecule has 1 rings (SSSR count). The number of aliphatic hydroxyl groups excluding tert-OH is 1. The number of hydrogen-bond acceptors (Lipinski definition) is 2. The summed E-state index contributed by atoms with van der Waals surface area (Å²) in [6.45, 7) is 7.30. The van der Waals surface area contributed by atoms with Gasteiger partial charge in [-0.25, -0.2) is 0 Å². The maximum Gasteiger partial charge on any atom is 0.0697 e. The van der Waals surface area contributed by atoms with E-state index in [4.69, 9.17) is 9.84 Å². The molecule has 2 nitrogen and oxygen atoms in total. The Labute approximate surface area is 92.9 Å². The molecule has 0 bridgehead atoms. The Morgan fingerprint density at radius 2 is 1.67 bits per heavy atom. The van der Waals surface area contributed by atoms with Crippen LogP contribution in [0.3, 0.4) is 0 Å². The van der Waals surface area contributed by atoms with E-state index in [0.29, 0.717) is 13.2 Å². The monoisotopic (exact) mass is 210 g/mol. The molecule has 0 saturated carbocycles. The Bertz CT molecular complexity index is 229. The third kappa shape index (κ3) is 7.11. The first-order chi connectivity index (χ1) is 7.33. The molecule has 1 aromatic carbocycles. The van der Waals surface area contributed by atoms with Gasteiger partial charge in [-0.3, -0.25) is 0 Å². The minimum atomic E-state index is 0.105. The van der Waals surface area contributed by atoms with E-state index in [1.165, 1.54) is 11.1 Å². The smallest absolute Gasteiger partial charge is 0.0697 e. The van der Waals surface area contributed by atoms with Crippen molar-refractivity contribution in [3.8, 4) is 0 Å². The molecule has 0 amide bonds. The van der Waals surface area contributed by atoms with Crippen LogP contribution in [0.25, 0.3) is 0 Å². The van der Waals surface area contributed by atoms with E-state index in [1.807, 2.05) is 13.8 Å². The van der Waals surface area contributed by atoms with Crippen molar-refractivity contribution < 1.29 is 9.84 Å². The standard InChI is InChI=1S/C11H16O2.C2H6/c1-10-2-4-11(5-3-10)6-8-13-9-7-12;1-2/h2-5,12H,6-9H2,1H3;1-2H3. The summed E-state index contributed by atoms with van der Waals surface area (Å²) in [5.41, 5.74) is 2.56. The molecule has 1 aromatic rings. The van der Waals surface area contributed by atoms with Crippen molar-refractivity contribution in [3.05, 3.63) is 35.4 Å². The zero-order valence-electron chi connectivity index (χ0n) is 9.99. The molecule has 2 heteroatoms. The molecule has 15 heavy (non-hydrogen) atoms. The summed E-state index contributed by atoms with van der Waals surface area (Å²) in [5, 5.41) is 8.47. The molecule has 1 N–H and O–H groups in total. The van der Waals surface area contributed by atoms with Crippen LogP contribution < -0.4 is 0 Å². The maximum atomic E-state index is 8.47. The zero-order valence-corrected chi connectivity index (χ0v) is 9.99. The summed E-state index contributed by atoms with van der Waals surface area (Å²) in [7, 11) is 0. The van der Waals surface area contributed by atoms with Gasteiger partial charge in [-0.2, -0.15) is 0 Å². The first-order valence-corrected chi connectivity index (χ1v) is 5.57. The molecule has 0 unspecified atom stereocenters. The number of ether oxygens (including phenoxy) is 1. The highest BCUT2D eigenvalue weighted by Crippen LogP contribution is 2.03. The third-order valence-corrected chi connectivity index (χ3v) is 1.89. The highest BCUT2D eigenvalue weighted by Gasteiger charge is 1.92. The van der Waals surface area contributed by atoms with Crippen molar-refractivity contribution in [1.82, 2.24) is 0 Å².